The predicted molar refractivity (Wildman–Crippen MR) is 95.6 cm³/mol. The molecule has 122 valence electrons. The fraction of sp³-hybridized carbons (Fsp3) is 0.111. The Morgan fingerprint density at radius 1 is 1.04 bits per heavy atom. The lowest BCUT2D eigenvalue weighted by molar-refractivity contribution is 0.610. The smallest absolute Gasteiger partial charge is 0.210 e. The number of hydrogen-bond acceptors (Lipinski definition) is 4. The molecule has 0 amide bonds. The Labute approximate surface area is 144 Å². The third-order valence-electron chi connectivity index (χ3n) is 3.46. The molecule has 0 fully saturated rings. The summed E-state index contributed by atoms with van der Waals surface area (Å²) in [4.78, 5) is 0. The van der Waals surface area contributed by atoms with Gasteiger partial charge in [-0.3, -0.25) is 0 Å². The topological polar surface area (TPSA) is 56.7 Å². The second-order valence-electron chi connectivity index (χ2n) is 5.16. The van der Waals surface area contributed by atoms with E-state index in [1.807, 2.05) is 42.5 Å². The Bertz CT molecular complexity index is 830. The third kappa shape index (κ3) is 4.02. The molecule has 4 nitrogen and oxygen atoms in total. The summed E-state index contributed by atoms with van der Waals surface area (Å²) < 4.78 is 15.1. The summed E-state index contributed by atoms with van der Waals surface area (Å²) in [5.74, 6) is 7.02. The molecule has 0 saturated carbocycles. The van der Waals surface area contributed by atoms with E-state index in [4.69, 9.17) is 5.84 Å². The van der Waals surface area contributed by atoms with Gasteiger partial charge in [-0.25, -0.2) is 9.07 Å². The van der Waals surface area contributed by atoms with Gasteiger partial charge in [0.15, 0.2) is 5.82 Å². The van der Waals surface area contributed by atoms with Gasteiger partial charge in [0.05, 0.1) is 0 Å². The molecule has 1 aromatic heterocycles. The molecular weight excluding hydrogens is 323 g/mol. The molecule has 6 heteroatoms. The average Bonchev–Trinajstić information content (AvgIpc) is 2.95. The molecule has 2 N–H and O–H groups in total. The summed E-state index contributed by atoms with van der Waals surface area (Å²) in [7, 11) is 0. The third-order valence-corrected chi connectivity index (χ3v) is 4.36. The van der Waals surface area contributed by atoms with Gasteiger partial charge in [0, 0.05) is 12.2 Å². The molecule has 3 rings (SSSR count). The highest BCUT2D eigenvalue weighted by Crippen LogP contribution is 2.18. The Morgan fingerprint density at radius 3 is 2.58 bits per heavy atom. The molecule has 24 heavy (non-hydrogen) atoms. The number of hydrogen-bond donors (Lipinski definition) is 1. The van der Waals surface area contributed by atoms with Crippen LogP contribution in [-0.4, -0.2) is 20.6 Å². The zero-order chi connectivity index (χ0) is 16.8. The van der Waals surface area contributed by atoms with E-state index < -0.39 is 0 Å². The molecule has 0 unspecified atom stereocenters. The molecule has 0 bridgehead atoms. The second kappa shape index (κ2) is 7.79. The number of nitrogens with two attached hydrogens (primary N) is 1. The first-order chi connectivity index (χ1) is 11.7. The van der Waals surface area contributed by atoms with Gasteiger partial charge in [-0.1, -0.05) is 72.4 Å². The van der Waals surface area contributed by atoms with Crippen LogP contribution in [0.3, 0.4) is 0 Å². The van der Waals surface area contributed by atoms with Crippen molar-refractivity contribution < 1.29 is 4.39 Å². The monoisotopic (exact) mass is 340 g/mol. The molecular formula is C18H17FN4S. The van der Waals surface area contributed by atoms with Gasteiger partial charge in [0.1, 0.15) is 5.82 Å². The number of aromatic nitrogens is 3. The van der Waals surface area contributed by atoms with E-state index in [1.165, 1.54) is 22.5 Å². The van der Waals surface area contributed by atoms with E-state index in [0.29, 0.717) is 23.0 Å². The van der Waals surface area contributed by atoms with Crippen LogP contribution in [-0.2, 0) is 6.42 Å². The maximum Gasteiger partial charge on any atom is 0.210 e. The van der Waals surface area contributed by atoms with Crippen molar-refractivity contribution in [3.8, 4) is 0 Å². The van der Waals surface area contributed by atoms with Gasteiger partial charge >= 0.3 is 0 Å². The Hall–Kier alpha value is -2.60. The van der Waals surface area contributed by atoms with Gasteiger partial charge in [0.25, 0.3) is 0 Å². The molecule has 0 radical (unpaired) electrons. The molecule has 0 spiro atoms. The molecule has 1 heterocycles. The van der Waals surface area contributed by atoms with Crippen LogP contribution >= 0.6 is 11.8 Å². The van der Waals surface area contributed by atoms with Crippen LogP contribution in [0, 0.1) is 5.82 Å². The summed E-state index contributed by atoms with van der Waals surface area (Å²) in [6.07, 6.45) is 4.41. The maximum absolute atomic E-state index is 13.7. The zero-order valence-electron chi connectivity index (χ0n) is 13.0. The quantitative estimate of drug-likeness (QED) is 0.551. The Morgan fingerprint density at radius 2 is 1.79 bits per heavy atom. The van der Waals surface area contributed by atoms with Gasteiger partial charge in [-0.2, -0.15) is 0 Å². The van der Waals surface area contributed by atoms with Crippen molar-refractivity contribution in [2.75, 3.05) is 11.6 Å². The fourth-order valence-electron chi connectivity index (χ4n) is 2.21. The summed E-state index contributed by atoms with van der Waals surface area (Å²) in [5.41, 5.74) is 1.70. The van der Waals surface area contributed by atoms with Gasteiger partial charge in [-0.05, 0) is 17.2 Å². The van der Waals surface area contributed by atoms with Crippen LogP contribution in [0.1, 0.15) is 17.0 Å². The molecule has 0 aliphatic heterocycles. The molecule has 0 aliphatic rings. The first-order valence-corrected chi connectivity index (χ1v) is 8.50. The lowest BCUT2D eigenvalue weighted by Gasteiger charge is -2.04. The second-order valence-corrected chi connectivity index (χ2v) is 6.15. The van der Waals surface area contributed by atoms with E-state index in [2.05, 4.69) is 10.2 Å². The van der Waals surface area contributed by atoms with Crippen molar-refractivity contribution in [1.29, 1.82) is 0 Å². The van der Waals surface area contributed by atoms with Crippen LogP contribution in [0.5, 0.6) is 0 Å². The predicted octanol–water partition coefficient (Wildman–Crippen LogP) is 3.53. The zero-order valence-corrected chi connectivity index (χ0v) is 13.8. The lowest BCUT2D eigenvalue weighted by atomic mass is 10.1. The highest BCUT2D eigenvalue weighted by molar-refractivity contribution is 7.99. The number of benzene rings is 2. The average molecular weight is 340 g/mol. The van der Waals surface area contributed by atoms with E-state index >= 15 is 0 Å². The number of nitrogen functional groups attached to an aromatic ring is 1. The van der Waals surface area contributed by atoms with E-state index in [1.54, 1.807) is 18.2 Å². The minimum Gasteiger partial charge on any atom is -0.336 e. The number of halogens is 1. The SMILES string of the molecule is Nn1c(Cc2ccccc2F)nnc1SC/C=C/c1ccccc1. The number of thioether (sulfide) groups is 1. The highest BCUT2D eigenvalue weighted by Gasteiger charge is 2.12. The normalized spacial score (nSPS) is 11.2. The number of rotatable bonds is 6. The summed E-state index contributed by atoms with van der Waals surface area (Å²) in [6, 6.07) is 16.7. The van der Waals surface area contributed by atoms with Crippen molar-refractivity contribution in [2.24, 2.45) is 0 Å². The molecule has 3 aromatic rings. The summed E-state index contributed by atoms with van der Waals surface area (Å²) in [5, 5.41) is 8.76. The van der Waals surface area contributed by atoms with Crippen LogP contribution in [0.15, 0.2) is 65.8 Å². The minimum absolute atomic E-state index is 0.263. The van der Waals surface area contributed by atoms with Crippen LogP contribution in [0.4, 0.5) is 4.39 Å². The van der Waals surface area contributed by atoms with Gasteiger partial charge in [0.2, 0.25) is 5.16 Å². The number of nitrogens with zero attached hydrogens (tertiary/aromatic N) is 3. The van der Waals surface area contributed by atoms with Crippen molar-refractivity contribution in [3.05, 3.63) is 83.4 Å². The first kappa shape index (κ1) is 16.3. The summed E-state index contributed by atoms with van der Waals surface area (Å²) in [6.45, 7) is 0. The highest BCUT2D eigenvalue weighted by atomic mass is 32.2. The largest absolute Gasteiger partial charge is 0.336 e. The Balaban J connectivity index is 1.61. The Kier molecular flexibility index (Phi) is 5.28. The van der Waals surface area contributed by atoms with E-state index in [-0.39, 0.29) is 5.82 Å². The lowest BCUT2D eigenvalue weighted by Crippen LogP contribution is -2.14. The van der Waals surface area contributed by atoms with Crippen molar-refractivity contribution >= 4 is 17.8 Å². The van der Waals surface area contributed by atoms with Crippen LogP contribution in [0.25, 0.3) is 6.08 Å². The van der Waals surface area contributed by atoms with Crippen molar-refractivity contribution in [1.82, 2.24) is 14.9 Å². The molecule has 0 saturated heterocycles. The van der Waals surface area contributed by atoms with E-state index in [0.717, 1.165) is 11.3 Å². The first-order valence-electron chi connectivity index (χ1n) is 7.51. The molecule has 0 aliphatic carbocycles. The van der Waals surface area contributed by atoms with Gasteiger partial charge in [-0.15, -0.1) is 10.2 Å². The summed E-state index contributed by atoms with van der Waals surface area (Å²) >= 11 is 1.49. The van der Waals surface area contributed by atoms with Crippen molar-refractivity contribution in [3.63, 3.8) is 0 Å². The van der Waals surface area contributed by atoms with Gasteiger partial charge < -0.3 is 5.84 Å². The molecule has 0 atom stereocenters. The maximum atomic E-state index is 13.7. The van der Waals surface area contributed by atoms with Crippen LogP contribution in [0.2, 0.25) is 0 Å². The standard InChI is InChI=1S/C18H17FN4S/c19-16-11-5-4-10-15(16)13-17-21-22-18(23(17)20)24-12-6-9-14-7-2-1-3-8-14/h1-11H,12-13,20H2/b9-6+. The van der Waals surface area contributed by atoms with E-state index in [9.17, 15) is 4.39 Å². The van der Waals surface area contributed by atoms with Crippen molar-refractivity contribution in [2.45, 2.75) is 11.6 Å². The molecule has 2 aromatic carbocycles. The van der Waals surface area contributed by atoms with Crippen LogP contribution < -0.4 is 5.84 Å². The minimum atomic E-state index is -0.263. The fourth-order valence-corrected chi connectivity index (χ4v) is 2.89.